The molecule has 0 saturated heterocycles. The van der Waals surface area contributed by atoms with Crippen molar-refractivity contribution in [2.45, 2.75) is 30.3 Å². The molecule has 0 saturated carbocycles. The van der Waals surface area contributed by atoms with Gasteiger partial charge >= 0.3 is 5.69 Å². The highest BCUT2D eigenvalue weighted by molar-refractivity contribution is 7.99. The highest BCUT2D eigenvalue weighted by atomic mass is 32.2. The maximum atomic E-state index is 12.8. The minimum atomic E-state index is -0.371. The van der Waals surface area contributed by atoms with Crippen LogP contribution in [-0.2, 0) is 11.3 Å². The second kappa shape index (κ2) is 8.16. The van der Waals surface area contributed by atoms with Crippen LogP contribution in [0.1, 0.15) is 11.1 Å². The number of rotatable bonds is 5. The van der Waals surface area contributed by atoms with Crippen LogP contribution in [-0.4, -0.2) is 32.1 Å². The van der Waals surface area contributed by atoms with Crippen LogP contribution in [0.3, 0.4) is 0 Å². The number of hydrogen-bond donors (Lipinski definition) is 0. The number of nitrogens with zero attached hydrogens (tertiary/aromatic N) is 5. The van der Waals surface area contributed by atoms with Gasteiger partial charge in [-0.1, -0.05) is 47.7 Å². The average Bonchev–Trinajstić information content (AvgIpc) is 3.06. The summed E-state index contributed by atoms with van der Waals surface area (Å²) in [5.41, 5.74) is 3.13. The number of carbonyl (C=O) groups is 1. The van der Waals surface area contributed by atoms with E-state index >= 15 is 0 Å². The van der Waals surface area contributed by atoms with Crippen LogP contribution in [0.2, 0.25) is 0 Å². The van der Waals surface area contributed by atoms with E-state index in [4.69, 9.17) is 0 Å². The van der Waals surface area contributed by atoms with Gasteiger partial charge in [0.15, 0.2) is 5.65 Å². The minimum Gasteiger partial charge on any atom is -0.314 e. The second-order valence-electron chi connectivity index (χ2n) is 7.03. The summed E-state index contributed by atoms with van der Waals surface area (Å²) in [6, 6.07) is 15.5. The average molecular weight is 420 g/mol. The molecule has 2 aromatic carbocycles. The summed E-state index contributed by atoms with van der Waals surface area (Å²) in [6.45, 7) is 3.93. The lowest BCUT2D eigenvalue weighted by molar-refractivity contribution is -0.119. The molecule has 1 amide bonds. The smallest absolute Gasteiger partial charge is 0.314 e. The molecule has 0 atom stereocenters. The lowest BCUT2D eigenvalue weighted by atomic mass is 10.2. The monoisotopic (exact) mass is 419 g/mol. The van der Waals surface area contributed by atoms with Gasteiger partial charge < -0.3 is 4.90 Å². The van der Waals surface area contributed by atoms with Gasteiger partial charge in [0.25, 0.3) is 0 Å². The van der Waals surface area contributed by atoms with Crippen molar-refractivity contribution >= 4 is 29.0 Å². The Morgan fingerprint density at radius 1 is 1.13 bits per heavy atom. The molecular formula is C22H21N5O2S. The Balaban J connectivity index is 1.64. The Kier molecular flexibility index (Phi) is 5.41. The van der Waals surface area contributed by atoms with Gasteiger partial charge in [0, 0.05) is 30.0 Å². The van der Waals surface area contributed by atoms with Crippen LogP contribution >= 0.6 is 11.8 Å². The lowest BCUT2D eigenvalue weighted by Gasteiger charge is -2.16. The van der Waals surface area contributed by atoms with Crippen molar-refractivity contribution < 1.29 is 4.79 Å². The largest absolute Gasteiger partial charge is 0.350 e. The fourth-order valence-electron chi connectivity index (χ4n) is 3.15. The van der Waals surface area contributed by atoms with Crippen molar-refractivity contribution in [3.8, 4) is 0 Å². The number of fused-ring (bicyclic) bond motifs is 1. The lowest BCUT2D eigenvalue weighted by Crippen LogP contribution is -2.34. The summed E-state index contributed by atoms with van der Waals surface area (Å²) < 4.78 is 2.61. The Bertz CT molecular complexity index is 1280. The molecule has 0 aliphatic heterocycles. The van der Waals surface area contributed by atoms with E-state index in [0.717, 1.165) is 16.1 Å². The van der Waals surface area contributed by atoms with Gasteiger partial charge in [0.05, 0.1) is 0 Å². The van der Waals surface area contributed by atoms with Crippen molar-refractivity contribution in [2.75, 3.05) is 11.9 Å². The number of aromatic nitrogens is 4. The van der Waals surface area contributed by atoms with E-state index in [2.05, 4.69) is 16.1 Å². The molecule has 152 valence electrons. The molecule has 2 heterocycles. The molecule has 8 heteroatoms. The van der Waals surface area contributed by atoms with E-state index in [9.17, 15) is 9.59 Å². The van der Waals surface area contributed by atoms with Crippen LogP contribution < -0.4 is 10.6 Å². The molecule has 4 aromatic rings. The highest BCUT2D eigenvalue weighted by Crippen LogP contribution is 2.31. The SMILES string of the molecule is Cc1ccc(Sc2nccn3c(=O)n(CC(=O)N(C)c4ccccc4)nc23)c(C)c1. The second-order valence-corrected chi connectivity index (χ2v) is 8.06. The number of hydrogen-bond acceptors (Lipinski definition) is 5. The summed E-state index contributed by atoms with van der Waals surface area (Å²) in [5, 5.41) is 5.02. The van der Waals surface area contributed by atoms with Gasteiger partial charge in [-0.3, -0.25) is 4.79 Å². The number of para-hydroxylation sites is 1. The topological polar surface area (TPSA) is 72.5 Å². The van der Waals surface area contributed by atoms with E-state index in [0.29, 0.717) is 10.7 Å². The molecule has 0 N–H and O–H groups in total. The van der Waals surface area contributed by atoms with Crippen molar-refractivity contribution in [3.63, 3.8) is 0 Å². The quantitative estimate of drug-likeness (QED) is 0.496. The standard InChI is InChI=1S/C22H21N5O2S/c1-15-9-10-18(16(2)13-15)30-21-20-24-27(22(29)26(20)12-11-23-21)14-19(28)25(3)17-7-5-4-6-8-17/h4-13H,14H2,1-3H3. The zero-order valence-electron chi connectivity index (χ0n) is 16.9. The van der Waals surface area contributed by atoms with E-state index in [1.165, 1.54) is 31.3 Å². The van der Waals surface area contributed by atoms with Gasteiger partial charge in [-0.05, 0) is 37.6 Å². The summed E-state index contributed by atoms with van der Waals surface area (Å²) in [6.07, 6.45) is 3.14. The number of aryl methyl sites for hydroxylation is 2. The van der Waals surface area contributed by atoms with E-state index in [1.54, 1.807) is 19.4 Å². The van der Waals surface area contributed by atoms with Gasteiger partial charge in [-0.25, -0.2) is 18.9 Å². The van der Waals surface area contributed by atoms with Crippen molar-refractivity contribution in [2.24, 2.45) is 0 Å². The van der Waals surface area contributed by atoms with Crippen LogP contribution in [0.25, 0.3) is 5.65 Å². The number of carbonyl (C=O) groups excluding carboxylic acids is 1. The molecular weight excluding hydrogens is 398 g/mol. The molecule has 7 nitrogen and oxygen atoms in total. The zero-order chi connectivity index (χ0) is 21.3. The molecule has 0 aliphatic carbocycles. The summed E-state index contributed by atoms with van der Waals surface area (Å²) >= 11 is 1.45. The Morgan fingerprint density at radius 2 is 1.90 bits per heavy atom. The number of likely N-dealkylation sites (N-methyl/N-ethyl adjacent to an activating group) is 1. The normalized spacial score (nSPS) is 11.0. The first-order valence-electron chi connectivity index (χ1n) is 9.45. The summed E-state index contributed by atoms with van der Waals surface area (Å²) in [7, 11) is 1.68. The third-order valence-electron chi connectivity index (χ3n) is 4.81. The van der Waals surface area contributed by atoms with E-state index in [1.807, 2.05) is 56.3 Å². The van der Waals surface area contributed by atoms with Gasteiger partial charge in [-0.15, -0.1) is 5.10 Å². The first-order chi connectivity index (χ1) is 14.4. The van der Waals surface area contributed by atoms with E-state index < -0.39 is 0 Å². The molecule has 2 aromatic heterocycles. The maximum absolute atomic E-state index is 12.8. The molecule has 0 unspecified atom stereocenters. The number of amides is 1. The Labute approximate surface area is 178 Å². The molecule has 30 heavy (non-hydrogen) atoms. The van der Waals surface area contributed by atoms with Crippen LogP contribution in [0.15, 0.2) is 75.6 Å². The van der Waals surface area contributed by atoms with Crippen molar-refractivity contribution in [3.05, 3.63) is 82.5 Å². The van der Waals surface area contributed by atoms with Crippen LogP contribution in [0.5, 0.6) is 0 Å². The van der Waals surface area contributed by atoms with Crippen molar-refractivity contribution in [1.82, 2.24) is 19.2 Å². The highest BCUT2D eigenvalue weighted by Gasteiger charge is 2.18. The zero-order valence-corrected chi connectivity index (χ0v) is 17.8. The third-order valence-corrected chi connectivity index (χ3v) is 5.97. The fourth-order valence-corrected chi connectivity index (χ4v) is 4.06. The Hall–Kier alpha value is -3.39. The minimum absolute atomic E-state index is 0.153. The molecule has 0 bridgehead atoms. The maximum Gasteiger partial charge on any atom is 0.350 e. The molecule has 0 spiro atoms. The van der Waals surface area contributed by atoms with Crippen molar-refractivity contribution in [1.29, 1.82) is 0 Å². The van der Waals surface area contributed by atoms with Crippen LogP contribution in [0, 0.1) is 13.8 Å². The summed E-state index contributed by atoms with van der Waals surface area (Å²) in [5.74, 6) is -0.233. The predicted octanol–water partition coefficient (Wildman–Crippen LogP) is 3.32. The Morgan fingerprint density at radius 3 is 2.63 bits per heavy atom. The van der Waals surface area contributed by atoms with E-state index in [-0.39, 0.29) is 18.1 Å². The molecule has 0 aliphatic rings. The number of benzene rings is 2. The first-order valence-corrected chi connectivity index (χ1v) is 10.3. The summed E-state index contributed by atoms with van der Waals surface area (Å²) in [4.78, 5) is 32.5. The van der Waals surface area contributed by atoms with Crippen LogP contribution in [0.4, 0.5) is 5.69 Å². The fraction of sp³-hybridized carbons (Fsp3) is 0.182. The first kappa shape index (κ1) is 19.9. The van der Waals surface area contributed by atoms with Gasteiger partial charge in [0.1, 0.15) is 11.6 Å². The molecule has 4 rings (SSSR count). The van der Waals surface area contributed by atoms with Gasteiger partial charge in [0.2, 0.25) is 5.91 Å². The number of anilines is 1. The molecule has 0 radical (unpaired) electrons. The predicted molar refractivity (Wildman–Crippen MR) is 117 cm³/mol. The molecule has 0 fully saturated rings. The van der Waals surface area contributed by atoms with Gasteiger partial charge in [-0.2, -0.15) is 0 Å². The third kappa shape index (κ3) is 3.86.